The van der Waals surface area contributed by atoms with Crippen molar-refractivity contribution in [3.63, 3.8) is 0 Å². The predicted molar refractivity (Wildman–Crippen MR) is 88.2 cm³/mol. The molecule has 2 N–H and O–H groups in total. The van der Waals surface area contributed by atoms with Gasteiger partial charge < -0.3 is 9.47 Å². The Kier molecular flexibility index (Phi) is 4.86. The van der Waals surface area contributed by atoms with Crippen molar-refractivity contribution in [3.05, 3.63) is 58.6 Å². The summed E-state index contributed by atoms with van der Waals surface area (Å²) in [5, 5.41) is 0.316. The highest BCUT2D eigenvalue weighted by Crippen LogP contribution is 2.30. The molecule has 124 valence electrons. The zero-order chi connectivity index (χ0) is 16.9. The van der Waals surface area contributed by atoms with Gasteiger partial charge in [-0.25, -0.2) is 0 Å². The molecule has 24 heavy (non-hydrogen) atoms. The van der Waals surface area contributed by atoms with Crippen molar-refractivity contribution in [3.8, 4) is 11.5 Å². The molecule has 3 rings (SSSR count). The summed E-state index contributed by atoms with van der Waals surface area (Å²) in [4.78, 5) is 23.9. The van der Waals surface area contributed by atoms with E-state index in [9.17, 15) is 9.59 Å². The lowest BCUT2D eigenvalue weighted by Crippen LogP contribution is -2.42. The molecule has 2 amide bonds. The van der Waals surface area contributed by atoms with E-state index in [-0.39, 0.29) is 12.3 Å². The van der Waals surface area contributed by atoms with Crippen LogP contribution in [0.1, 0.15) is 15.9 Å². The van der Waals surface area contributed by atoms with E-state index in [1.807, 2.05) is 0 Å². The second-order valence-electron chi connectivity index (χ2n) is 5.14. The summed E-state index contributed by atoms with van der Waals surface area (Å²) in [7, 11) is 0. The van der Waals surface area contributed by atoms with Crippen molar-refractivity contribution in [2.45, 2.75) is 6.42 Å². The fourth-order valence-corrected chi connectivity index (χ4v) is 2.49. The third-order valence-corrected chi connectivity index (χ3v) is 3.73. The van der Waals surface area contributed by atoms with E-state index < -0.39 is 5.91 Å². The maximum atomic E-state index is 12.0. The topological polar surface area (TPSA) is 76.7 Å². The van der Waals surface area contributed by atoms with Crippen LogP contribution in [0.5, 0.6) is 11.5 Å². The number of amides is 2. The van der Waals surface area contributed by atoms with E-state index in [0.29, 0.717) is 35.3 Å². The number of benzene rings is 2. The first kappa shape index (κ1) is 16.1. The third-order valence-electron chi connectivity index (χ3n) is 3.41. The zero-order valence-corrected chi connectivity index (χ0v) is 13.4. The summed E-state index contributed by atoms with van der Waals surface area (Å²) < 4.78 is 10.9. The molecule has 2 aromatic rings. The SMILES string of the molecule is O=C(Cc1ccc2c(c1)OCCO2)NNC(=O)c1ccccc1Cl. The lowest BCUT2D eigenvalue weighted by atomic mass is 10.1. The molecule has 0 bridgehead atoms. The Balaban J connectivity index is 1.56. The van der Waals surface area contributed by atoms with E-state index in [0.717, 1.165) is 5.56 Å². The first-order valence-electron chi connectivity index (χ1n) is 7.36. The Morgan fingerprint density at radius 3 is 2.54 bits per heavy atom. The number of carbonyl (C=O) groups excluding carboxylic acids is 2. The van der Waals surface area contributed by atoms with Gasteiger partial charge in [-0.3, -0.25) is 20.4 Å². The number of fused-ring (bicyclic) bond motifs is 1. The van der Waals surface area contributed by atoms with Crippen LogP contribution in [-0.4, -0.2) is 25.0 Å². The van der Waals surface area contributed by atoms with Gasteiger partial charge in [0.05, 0.1) is 17.0 Å². The molecular weight excluding hydrogens is 332 g/mol. The molecule has 0 saturated carbocycles. The number of rotatable bonds is 3. The van der Waals surface area contributed by atoms with Crippen LogP contribution in [0.25, 0.3) is 0 Å². The molecule has 0 fully saturated rings. The van der Waals surface area contributed by atoms with Crippen LogP contribution in [0.3, 0.4) is 0 Å². The van der Waals surface area contributed by atoms with Gasteiger partial charge in [0.2, 0.25) is 5.91 Å². The summed E-state index contributed by atoms with van der Waals surface area (Å²) >= 11 is 5.93. The molecule has 1 aliphatic rings. The predicted octanol–water partition coefficient (Wildman–Crippen LogP) is 2.11. The fourth-order valence-electron chi connectivity index (χ4n) is 2.27. The van der Waals surface area contributed by atoms with Crippen LogP contribution in [0.2, 0.25) is 5.02 Å². The number of halogens is 1. The number of ether oxygens (including phenoxy) is 2. The van der Waals surface area contributed by atoms with Gasteiger partial charge in [-0.05, 0) is 29.8 Å². The summed E-state index contributed by atoms with van der Waals surface area (Å²) in [6.07, 6.45) is 0.0967. The van der Waals surface area contributed by atoms with Crippen molar-refractivity contribution in [1.82, 2.24) is 10.9 Å². The number of carbonyl (C=O) groups is 2. The quantitative estimate of drug-likeness (QED) is 0.835. The molecule has 0 saturated heterocycles. The number of hydrazine groups is 1. The van der Waals surface area contributed by atoms with Crippen molar-refractivity contribution >= 4 is 23.4 Å². The highest BCUT2D eigenvalue weighted by atomic mass is 35.5. The second kappa shape index (κ2) is 7.23. The van der Waals surface area contributed by atoms with Gasteiger partial charge in [-0.15, -0.1) is 0 Å². The van der Waals surface area contributed by atoms with E-state index in [2.05, 4.69) is 10.9 Å². The lowest BCUT2D eigenvalue weighted by Gasteiger charge is -2.18. The minimum Gasteiger partial charge on any atom is -0.486 e. The van der Waals surface area contributed by atoms with E-state index in [1.54, 1.807) is 42.5 Å². The van der Waals surface area contributed by atoms with Gasteiger partial charge in [0.1, 0.15) is 13.2 Å². The molecule has 0 spiro atoms. The molecular formula is C17H15ClN2O4. The molecule has 6 nitrogen and oxygen atoms in total. The van der Waals surface area contributed by atoms with Gasteiger partial charge >= 0.3 is 0 Å². The van der Waals surface area contributed by atoms with Crippen molar-refractivity contribution < 1.29 is 19.1 Å². The van der Waals surface area contributed by atoms with Gasteiger partial charge in [0.15, 0.2) is 11.5 Å². The maximum absolute atomic E-state index is 12.0. The standard InChI is InChI=1S/C17H15ClN2O4/c18-13-4-2-1-3-12(13)17(22)20-19-16(21)10-11-5-6-14-15(9-11)24-8-7-23-14/h1-6,9H,7-8,10H2,(H,19,21)(H,20,22). The average molecular weight is 347 g/mol. The molecule has 7 heteroatoms. The molecule has 0 aromatic heterocycles. The Morgan fingerprint density at radius 2 is 1.75 bits per heavy atom. The smallest absolute Gasteiger partial charge is 0.271 e. The molecule has 0 aliphatic carbocycles. The van der Waals surface area contributed by atoms with Gasteiger partial charge in [0, 0.05) is 0 Å². The van der Waals surface area contributed by atoms with Gasteiger partial charge in [-0.1, -0.05) is 29.8 Å². The Bertz CT molecular complexity index is 779. The second-order valence-corrected chi connectivity index (χ2v) is 5.54. The number of hydrogen-bond donors (Lipinski definition) is 2. The Labute approximate surface area is 143 Å². The molecule has 1 heterocycles. The highest BCUT2D eigenvalue weighted by molar-refractivity contribution is 6.33. The van der Waals surface area contributed by atoms with Gasteiger partial charge in [-0.2, -0.15) is 0 Å². The average Bonchev–Trinajstić information content (AvgIpc) is 2.60. The van der Waals surface area contributed by atoms with Gasteiger partial charge in [0.25, 0.3) is 5.91 Å². The molecule has 0 atom stereocenters. The number of hydrogen-bond acceptors (Lipinski definition) is 4. The molecule has 1 aliphatic heterocycles. The summed E-state index contributed by atoms with van der Waals surface area (Å²) in [5.41, 5.74) is 5.75. The summed E-state index contributed by atoms with van der Waals surface area (Å²) in [5.74, 6) is 0.451. The summed E-state index contributed by atoms with van der Waals surface area (Å²) in [6, 6.07) is 11.9. The monoisotopic (exact) mass is 346 g/mol. The van der Waals surface area contributed by atoms with Crippen LogP contribution in [0.4, 0.5) is 0 Å². The highest BCUT2D eigenvalue weighted by Gasteiger charge is 2.14. The lowest BCUT2D eigenvalue weighted by molar-refractivity contribution is -0.121. The van der Waals surface area contributed by atoms with Crippen LogP contribution in [0, 0.1) is 0 Å². The number of nitrogens with one attached hydrogen (secondary N) is 2. The minimum absolute atomic E-state index is 0.0967. The fraction of sp³-hybridized carbons (Fsp3) is 0.176. The normalized spacial score (nSPS) is 12.4. The minimum atomic E-state index is -0.476. The maximum Gasteiger partial charge on any atom is 0.271 e. The van der Waals surface area contributed by atoms with E-state index >= 15 is 0 Å². The largest absolute Gasteiger partial charge is 0.486 e. The van der Waals surface area contributed by atoms with Crippen LogP contribution in [0.15, 0.2) is 42.5 Å². The summed E-state index contributed by atoms with van der Waals surface area (Å²) in [6.45, 7) is 0.997. The van der Waals surface area contributed by atoms with Crippen LogP contribution < -0.4 is 20.3 Å². The van der Waals surface area contributed by atoms with Crippen molar-refractivity contribution in [1.29, 1.82) is 0 Å². The van der Waals surface area contributed by atoms with Crippen LogP contribution >= 0.6 is 11.6 Å². The van der Waals surface area contributed by atoms with Crippen molar-refractivity contribution in [2.24, 2.45) is 0 Å². The van der Waals surface area contributed by atoms with Crippen LogP contribution in [-0.2, 0) is 11.2 Å². The third kappa shape index (κ3) is 3.78. The Morgan fingerprint density at radius 1 is 1.00 bits per heavy atom. The first-order chi connectivity index (χ1) is 11.6. The van der Waals surface area contributed by atoms with E-state index in [1.165, 1.54) is 0 Å². The first-order valence-corrected chi connectivity index (χ1v) is 7.73. The molecule has 0 radical (unpaired) electrons. The Hall–Kier alpha value is -2.73. The zero-order valence-electron chi connectivity index (χ0n) is 12.7. The molecule has 0 unspecified atom stereocenters. The molecule has 2 aromatic carbocycles. The van der Waals surface area contributed by atoms with E-state index in [4.69, 9.17) is 21.1 Å². The van der Waals surface area contributed by atoms with Crippen molar-refractivity contribution in [2.75, 3.05) is 13.2 Å².